The van der Waals surface area contributed by atoms with Crippen molar-refractivity contribution in [3.63, 3.8) is 0 Å². The SMILES string of the molecule is CCCCCCCCCC(CCCCCCCCO)S(=O)(=O)[O-].[K+]. The van der Waals surface area contributed by atoms with Gasteiger partial charge in [-0.3, -0.25) is 0 Å². The van der Waals surface area contributed by atoms with Crippen LogP contribution in [0, 0.1) is 0 Å². The van der Waals surface area contributed by atoms with Gasteiger partial charge in [0.05, 0.1) is 10.1 Å². The van der Waals surface area contributed by atoms with Gasteiger partial charge in [-0.25, -0.2) is 8.42 Å². The molecule has 1 unspecified atom stereocenters. The molecule has 0 bridgehead atoms. The molecule has 140 valence electrons. The normalized spacial score (nSPS) is 12.8. The molecule has 24 heavy (non-hydrogen) atoms. The fourth-order valence-electron chi connectivity index (χ4n) is 2.95. The smallest absolute Gasteiger partial charge is 0.748 e. The molecule has 0 saturated carbocycles. The Hall–Kier alpha value is 1.51. The number of rotatable bonds is 17. The van der Waals surface area contributed by atoms with E-state index in [0.29, 0.717) is 12.8 Å². The van der Waals surface area contributed by atoms with Crippen LogP contribution in [-0.4, -0.2) is 29.9 Å². The van der Waals surface area contributed by atoms with Gasteiger partial charge < -0.3 is 9.66 Å². The molecule has 0 saturated heterocycles. The zero-order valence-corrected chi connectivity index (χ0v) is 19.9. The zero-order valence-electron chi connectivity index (χ0n) is 16.0. The van der Waals surface area contributed by atoms with E-state index in [1.807, 2.05) is 0 Å². The van der Waals surface area contributed by atoms with E-state index in [1.165, 1.54) is 25.7 Å². The van der Waals surface area contributed by atoms with Crippen molar-refractivity contribution in [3.05, 3.63) is 0 Å². The van der Waals surface area contributed by atoms with Crippen LogP contribution in [0.15, 0.2) is 0 Å². The number of aliphatic hydroxyl groups is 1. The van der Waals surface area contributed by atoms with E-state index in [4.69, 9.17) is 5.11 Å². The van der Waals surface area contributed by atoms with Gasteiger partial charge in [-0.2, -0.15) is 0 Å². The van der Waals surface area contributed by atoms with Gasteiger partial charge in [-0.05, 0) is 19.3 Å². The Labute approximate surface area is 192 Å². The molecule has 0 amide bonds. The van der Waals surface area contributed by atoms with Crippen molar-refractivity contribution in [2.75, 3.05) is 6.61 Å². The zero-order chi connectivity index (χ0) is 17.4. The summed E-state index contributed by atoms with van der Waals surface area (Å²) in [6.07, 6.45) is 14.9. The summed E-state index contributed by atoms with van der Waals surface area (Å²) in [6.45, 7) is 2.44. The molecule has 0 aromatic heterocycles. The first-order valence-corrected chi connectivity index (χ1v) is 11.0. The van der Waals surface area contributed by atoms with Gasteiger partial charge in [0.2, 0.25) is 0 Å². The quantitative estimate of drug-likeness (QED) is 0.234. The Morgan fingerprint density at radius 2 is 1.12 bits per heavy atom. The maximum atomic E-state index is 11.4. The maximum absolute atomic E-state index is 11.4. The van der Waals surface area contributed by atoms with Crippen molar-refractivity contribution in [2.24, 2.45) is 0 Å². The largest absolute Gasteiger partial charge is 1.00 e. The maximum Gasteiger partial charge on any atom is 1.00 e. The molecule has 0 rings (SSSR count). The minimum absolute atomic E-state index is 0. The average Bonchev–Trinajstić information content (AvgIpc) is 2.50. The summed E-state index contributed by atoms with van der Waals surface area (Å²) < 4.78 is 34.1. The molecule has 6 heteroatoms. The fraction of sp³-hybridized carbons (Fsp3) is 1.00. The minimum Gasteiger partial charge on any atom is -0.748 e. The van der Waals surface area contributed by atoms with Gasteiger partial charge in [0, 0.05) is 11.9 Å². The van der Waals surface area contributed by atoms with E-state index < -0.39 is 15.4 Å². The van der Waals surface area contributed by atoms with Crippen LogP contribution in [0.3, 0.4) is 0 Å². The summed E-state index contributed by atoms with van der Waals surface area (Å²) in [5.74, 6) is 0. The summed E-state index contributed by atoms with van der Waals surface area (Å²) >= 11 is 0. The first-order valence-electron chi connectivity index (χ1n) is 9.58. The number of aliphatic hydroxyl groups excluding tert-OH is 1. The Morgan fingerprint density at radius 1 is 0.750 bits per heavy atom. The molecule has 0 heterocycles. The number of unbranched alkanes of at least 4 members (excludes halogenated alkanes) is 11. The molecule has 0 fully saturated rings. The molecule has 0 aliphatic rings. The van der Waals surface area contributed by atoms with Crippen molar-refractivity contribution < 1.29 is 69.5 Å². The van der Waals surface area contributed by atoms with Crippen LogP contribution in [0.25, 0.3) is 0 Å². The topological polar surface area (TPSA) is 77.4 Å². The number of hydrogen-bond donors (Lipinski definition) is 1. The van der Waals surface area contributed by atoms with Gasteiger partial charge in [0.1, 0.15) is 0 Å². The Morgan fingerprint density at radius 3 is 1.50 bits per heavy atom. The van der Waals surface area contributed by atoms with Gasteiger partial charge in [-0.1, -0.05) is 84.0 Å². The molecule has 0 aliphatic carbocycles. The number of hydrogen-bond acceptors (Lipinski definition) is 4. The van der Waals surface area contributed by atoms with E-state index in [1.54, 1.807) is 0 Å². The van der Waals surface area contributed by atoms with Crippen LogP contribution in [0.4, 0.5) is 0 Å². The summed E-state index contributed by atoms with van der Waals surface area (Å²) in [6, 6.07) is 0. The molecule has 0 aromatic carbocycles. The molecule has 1 N–H and O–H groups in total. The van der Waals surface area contributed by atoms with Crippen molar-refractivity contribution in [1.29, 1.82) is 0 Å². The Bertz CT molecular complexity index is 329. The Kier molecular flexibility index (Phi) is 22.3. The summed E-state index contributed by atoms with van der Waals surface area (Å²) in [5, 5.41) is 8.01. The van der Waals surface area contributed by atoms with Crippen LogP contribution in [0.5, 0.6) is 0 Å². The van der Waals surface area contributed by atoms with E-state index >= 15 is 0 Å². The van der Waals surface area contributed by atoms with Crippen LogP contribution in [0.2, 0.25) is 0 Å². The van der Waals surface area contributed by atoms with Gasteiger partial charge in [0.25, 0.3) is 0 Å². The van der Waals surface area contributed by atoms with E-state index in [2.05, 4.69) is 6.92 Å². The second-order valence-electron chi connectivity index (χ2n) is 6.66. The summed E-state index contributed by atoms with van der Waals surface area (Å²) in [5.41, 5.74) is 0. The standard InChI is InChI=1S/C18H38O4S.K/c1-2-3-4-5-6-9-12-15-18(23(20,21)22)16-13-10-7-8-11-14-17-19;/h18-19H,2-17H2,1H3,(H,20,21,22);/q;+1/p-1. The van der Waals surface area contributed by atoms with Crippen LogP contribution in [-0.2, 0) is 10.1 Å². The average molecular weight is 389 g/mol. The fourth-order valence-corrected chi connectivity index (χ4v) is 3.86. The van der Waals surface area contributed by atoms with E-state index in [9.17, 15) is 13.0 Å². The molecular formula is C18H37KO4S. The van der Waals surface area contributed by atoms with Crippen molar-refractivity contribution in [3.8, 4) is 0 Å². The van der Waals surface area contributed by atoms with E-state index in [-0.39, 0.29) is 58.0 Å². The summed E-state index contributed by atoms with van der Waals surface area (Å²) in [7, 11) is -4.15. The molecule has 0 aliphatic heterocycles. The molecule has 1 atom stereocenters. The van der Waals surface area contributed by atoms with Crippen molar-refractivity contribution in [1.82, 2.24) is 0 Å². The molecule has 0 aromatic rings. The molecular weight excluding hydrogens is 351 g/mol. The van der Waals surface area contributed by atoms with Crippen molar-refractivity contribution >= 4 is 10.1 Å². The third-order valence-corrected chi connectivity index (χ3v) is 5.76. The molecule has 0 radical (unpaired) electrons. The predicted octanol–water partition coefficient (Wildman–Crippen LogP) is 1.77. The predicted molar refractivity (Wildman–Crippen MR) is 95.5 cm³/mol. The van der Waals surface area contributed by atoms with Crippen LogP contribution in [0.1, 0.15) is 103 Å². The van der Waals surface area contributed by atoms with Gasteiger partial charge >= 0.3 is 51.4 Å². The van der Waals surface area contributed by atoms with Gasteiger partial charge in [0.15, 0.2) is 0 Å². The first kappa shape index (κ1) is 27.7. The summed E-state index contributed by atoms with van der Waals surface area (Å²) in [4.78, 5) is 0. The van der Waals surface area contributed by atoms with Crippen molar-refractivity contribution in [2.45, 2.75) is 108 Å². The third-order valence-electron chi connectivity index (χ3n) is 4.47. The Balaban J connectivity index is 0. The first-order chi connectivity index (χ1) is 11.0. The molecule has 4 nitrogen and oxygen atoms in total. The van der Waals surface area contributed by atoms with Gasteiger partial charge in [-0.15, -0.1) is 0 Å². The molecule has 0 spiro atoms. The third kappa shape index (κ3) is 18.3. The second-order valence-corrected chi connectivity index (χ2v) is 8.31. The second kappa shape index (κ2) is 19.3. The van der Waals surface area contributed by atoms with Crippen LogP contribution >= 0.6 is 0 Å². The van der Waals surface area contributed by atoms with Crippen LogP contribution < -0.4 is 51.4 Å². The monoisotopic (exact) mass is 388 g/mol. The minimum atomic E-state index is -4.15. The van der Waals surface area contributed by atoms with E-state index in [0.717, 1.165) is 57.8 Å².